The average Bonchev–Trinajstić information content (AvgIpc) is 2.33. The Labute approximate surface area is 102 Å². The van der Waals surface area contributed by atoms with Gasteiger partial charge in [0.15, 0.2) is 0 Å². The molecule has 3 nitrogen and oxygen atoms in total. The molecule has 1 aromatic carbocycles. The van der Waals surface area contributed by atoms with Gasteiger partial charge in [0.25, 0.3) is 0 Å². The van der Waals surface area contributed by atoms with Gasteiger partial charge >= 0.3 is 6.09 Å². The second-order valence-corrected chi connectivity index (χ2v) is 5.24. The van der Waals surface area contributed by atoms with E-state index in [-0.39, 0.29) is 17.6 Å². The summed E-state index contributed by atoms with van der Waals surface area (Å²) in [6, 6.07) is 8.45. The number of amides is 1. The highest BCUT2D eigenvalue weighted by molar-refractivity contribution is 5.69. The smallest absolute Gasteiger partial charge is 0.407 e. The zero-order valence-corrected chi connectivity index (χ0v) is 10.6. The Kier molecular flexibility index (Phi) is 3.09. The number of hydrogen-bond acceptors (Lipinski definition) is 2. The summed E-state index contributed by atoms with van der Waals surface area (Å²) >= 11 is 0. The highest BCUT2D eigenvalue weighted by Gasteiger charge is 2.37. The maximum absolute atomic E-state index is 11.3. The van der Waals surface area contributed by atoms with Crippen molar-refractivity contribution in [3.63, 3.8) is 0 Å². The van der Waals surface area contributed by atoms with Gasteiger partial charge in [0.05, 0.1) is 6.04 Å². The third-order valence-electron chi connectivity index (χ3n) is 3.34. The normalized spacial score (nSPS) is 22.8. The number of cyclic esters (lactones) is 1. The molecule has 1 fully saturated rings. The second kappa shape index (κ2) is 4.40. The molecule has 1 aliphatic heterocycles. The highest BCUT2D eigenvalue weighted by atomic mass is 16.6. The van der Waals surface area contributed by atoms with Crippen molar-refractivity contribution >= 4 is 6.09 Å². The van der Waals surface area contributed by atoms with Gasteiger partial charge in [-0.1, -0.05) is 45.0 Å². The summed E-state index contributed by atoms with van der Waals surface area (Å²) in [7, 11) is 0. The fourth-order valence-electron chi connectivity index (χ4n) is 2.17. The first-order valence-corrected chi connectivity index (χ1v) is 6.05. The van der Waals surface area contributed by atoms with E-state index in [9.17, 15) is 4.79 Å². The van der Waals surface area contributed by atoms with Crippen molar-refractivity contribution in [3.8, 4) is 0 Å². The van der Waals surface area contributed by atoms with Crippen LogP contribution in [0.5, 0.6) is 0 Å². The summed E-state index contributed by atoms with van der Waals surface area (Å²) in [5.41, 5.74) is 2.37. The minimum atomic E-state index is -0.325. The van der Waals surface area contributed by atoms with Crippen LogP contribution in [-0.4, -0.2) is 12.7 Å². The molecule has 0 aliphatic carbocycles. The van der Waals surface area contributed by atoms with Crippen LogP contribution in [0.2, 0.25) is 0 Å². The molecule has 1 aliphatic rings. The molecular weight excluding hydrogens is 214 g/mol. The molecule has 1 saturated heterocycles. The molecule has 3 heteroatoms. The first kappa shape index (κ1) is 12.0. The van der Waals surface area contributed by atoms with Gasteiger partial charge < -0.3 is 10.1 Å². The number of ether oxygens (including phenoxy) is 1. The first-order chi connectivity index (χ1) is 8.03. The first-order valence-electron chi connectivity index (χ1n) is 6.05. The van der Waals surface area contributed by atoms with Crippen LogP contribution in [0, 0.1) is 5.41 Å². The summed E-state index contributed by atoms with van der Waals surface area (Å²) in [4.78, 5) is 11.3. The number of carbonyl (C=O) groups is 1. The lowest BCUT2D eigenvalue weighted by Crippen LogP contribution is -2.46. The third kappa shape index (κ3) is 2.43. The molecule has 1 amide bonds. The Balaban J connectivity index is 2.26. The van der Waals surface area contributed by atoms with Crippen molar-refractivity contribution < 1.29 is 9.53 Å². The molecule has 0 bridgehead atoms. The van der Waals surface area contributed by atoms with E-state index in [4.69, 9.17) is 4.74 Å². The number of nitrogens with one attached hydrogen (secondary N) is 1. The molecule has 1 aromatic rings. The van der Waals surface area contributed by atoms with E-state index in [0.29, 0.717) is 6.61 Å². The Morgan fingerprint density at radius 1 is 1.35 bits per heavy atom. The second-order valence-electron chi connectivity index (χ2n) is 5.24. The number of aryl methyl sites for hydroxylation is 1. The monoisotopic (exact) mass is 233 g/mol. The predicted octanol–water partition coefficient (Wildman–Crippen LogP) is 3.06. The van der Waals surface area contributed by atoms with E-state index >= 15 is 0 Å². The van der Waals surface area contributed by atoms with Gasteiger partial charge in [0, 0.05) is 5.41 Å². The van der Waals surface area contributed by atoms with Gasteiger partial charge in [-0.3, -0.25) is 0 Å². The lowest BCUT2D eigenvalue weighted by molar-refractivity contribution is 0.0387. The van der Waals surface area contributed by atoms with Crippen LogP contribution in [0.1, 0.15) is 37.9 Å². The number of carbonyl (C=O) groups excluding carboxylic acids is 1. The number of benzene rings is 1. The Morgan fingerprint density at radius 2 is 2.00 bits per heavy atom. The standard InChI is InChI=1S/C14H19NO2/c1-4-10-5-7-11(8-6-10)12-14(2,3)9-17-13(16)15-12/h5-8,12H,4,9H2,1-3H3,(H,15,16)/t12-/m1/s1. The van der Waals surface area contributed by atoms with Crippen molar-refractivity contribution in [2.45, 2.75) is 33.2 Å². The van der Waals surface area contributed by atoms with Gasteiger partial charge in [-0.05, 0) is 17.5 Å². The van der Waals surface area contributed by atoms with Crippen LogP contribution in [0.15, 0.2) is 24.3 Å². The molecule has 1 heterocycles. The zero-order chi connectivity index (χ0) is 12.5. The minimum absolute atomic E-state index is 0.0228. The van der Waals surface area contributed by atoms with Gasteiger partial charge in [-0.25, -0.2) is 4.79 Å². The van der Waals surface area contributed by atoms with Crippen molar-refractivity contribution in [1.82, 2.24) is 5.32 Å². The zero-order valence-electron chi connectivity index (χ0n) is 10.6. The van der Waals surface area contributed by atoms with E-state index in [1.807, 2.05) is 0 Å². The van der Waals surface area contributed by atoms with Crippen LogP contribution in [0.4, 0.5) is 4.79 Å². The average molecular weight is 233 g/mol. The molecule has 0 saturated carbocycles. The maximum atomic E-state index is 11.3. The molecule has 0 spiro atoms. The Hall–Kier alpha value is -1.51. The van der Waals surface area contributed by atoms with Crippen LogP contribution in [-0.2, 0) is 11.2 Å². The van der Waals surface area contributed by atoms with Crippen molar-refractivity contribution in [2.75, 3.05) is 6.61 Å². The Bertz CT molecular complexity index is 409. The fourth-order valence-corrected chi connectivity index (χ4v) is 2.17. The molecule has 2 rings (SSSR count). The largest absolute Gasteiger partial charge is 0.449 e. The highest BCUT2D eigenvalue weighted by Crippen LogP contribution is 2.36. The summed E-state index contributed by atoms with van der Waals surface area (Å²) in [5.74, 6) is 0. The molecule has 0 aromatic heterocycles. The molecule has 1 N–H and O–H groups in total. The van der Waals surface area contributed by atoms with Crippen LogP contribution >= 0.6 is 0 Å². The summed E-state index contributed by atoms with van der Waals surface area (Å²) in [6.45, 7) is 6.80. The lowest BCUT2D eigenvalue weighted by Gasteiger charge is -2.38. The van der Waals surface area contributed by atoms with Crippen molar-refractivity contribution in [1.29, 1.82) is 0 Å². The van der Waals surface area contributed by atoms with Crippen molar-refractivity contribution in [2.24, 2.45) is 5.41 Å². The SMILES string of the molecule is CCc1ccc([C@H]2NC(=O)OCC2(C)C)cc1. The summed E-state index contributed by atoms with van der Waals surface area (Å²) in [6.07, 6.45) is 0.706. The van der Waals surface area contributed by atoms with E-state index in [1.165, 1.54) is 5.56 Å². The molecule has 0 unspecified atom stereocenters. The van der Waals surface area contributed by atoms with Gasteiger partial charge in [-0.15, -0.1) is 0 Å². The number of rotatable bonds is 2. The molecule has 92 valence electrons. The maximum Gasteiger partial charge on any atom is 0.407 e. The minimum Gasteiger partial charge on any atom is -0.449 e. The quantitative estimate of drug-likeness (QED) is 0.852. The lowest BCUT2D eigenvalue weighted by atomic mass is 9.80. The molecule has 17 heavy (non-hydrogen) atoms. The van der Waals surface area contributed by atoms with Gasteiger partial charge in [-0.2, -0.15) is 0 Å². The molecule has 1 atom stereocenters. The Morgan fingerprint density at radius 3 is 2.59 bits per heavy atom. The van der Waals surface area contributed by atoms with E-state index in [1.54, 1.807) is 0 Å². The van der Waals surface area contributed by atoms with Crippen LogP contribution in [0.3, 0.4) is 0 Å². The predicted molar refractivity (Wildman–Crippen MR) is 66.8 cm³/mol. The fraction of sp³-hybridized carbons (Fsp3) is 0.500. The van der Waals surface area contributed by atoms with Gasteiger partial charge in [0.1, 0.15) is 6.61 Å². The van der Waals surface area contributed by atoms with E-state index in [2.05, 4.69) is 50.4 Å². The van der Waals surface area contributed by atoms with Gasteiger partial charge in [0.2, 0.25) is 0 Å². The number of hydrogen-bond donors (Lipinski definition) is 1. The molecular formula is C14H19NO2. The topological polar surface area (TPSA) is 38.3 Å². The third-order valence-corrected chi connectivity index (χ3v) is 3.34. The summed E-state index contributed by atoms with van der Waals surface area (Å²) in [5, 5.41) is 2.90. The molecule has 0 radical (unpaired) electrons. The summed E-state index contributed by atoms with van der Waals surface area (Å²) < 4.78 is 5.04. The van der Waals surface area contributed by atoms with Crippen molar-refractivity contribution in [3.05, 3.63) is 35.4 Å². The van der Waals surface area contributed by atoms with E-state index in [0.717, 1.165) is 12.0 Å². The van der Waals surface area contributed by atoms with Crippen LogP contribution in [0.25, 0.3) is 0 Å². The number of alkyl carbamates (subject to hydrolysis) is 1. The van der Waals surface area contributed by atoms with E-state index < -0.39 is 0 Å². The van der Waals surface area contributed by atoms with Crippen LogP contribution < -0.4 is 5.32 Å².